The average molecular weight is 472 g/mol. The molecule has 176 valence electrons. The highest BCUT2D eigenvalue weighted by molar-refractivity contribution is 7.89. The van der Waals surface area contributed by atoms with Gasteiger partial charge in [0.15, 0.2) is 0 Å². The Balaban J connectivity index is 1.51. The smallest absolute Gasteiger partial charge is 0.243 e. The first kappa shape index (κ1) is 23.4. The van der Waals surface area contributed by atoms with Gasteiger partial charge in [0.05, 0.1) is 24.0 Å². The molecule has 0 saturated carbocycles. The lowest BCUT2D eigenvalue weighted by Gasteiger charge is -2.34. The fourth-order valence-electron chi connectivity index (χ4n) is 4.57. The number of carbonyl (C=O) groups is 2. The number of amides is 2. The number of hydrogen-bond acceptors (Lipinski definition) is 5. The van der Waals surface area contributed by atoms with Crippen LogP contribution in [0.15, 0.2) is 47.4 Å². The van der Waals surface area contributed by atoms with E-state index in [1.165, 1.54) is 12.1 Å². The highest BCUT2D eigenvalue weighted by atomic mass is 32.2. The Hall–Kier alpha value is -2.75. The number of rotatable bonds is 6. The molecule has 2 aromatic carbocycles. The summed E-state index contributed by atoms with van der Waals surface area (Å²) in [5, 5.41) is 15.1. The summed E-state index contributed by atoms with van der Waals surface area (Å²) >= 11 is 0. The molecule has 1 aliphatic carbocycles. The van der Waals surface area contributed by atoms with E-state index >= 15 is 0 Å². The zero-order valence-electron chi connectivity index (χ0n) is 18.6. The molecule has 1 aliphatic heterocycles. The number of aliphatic hydroxyl groups is 1. The third kappa shape index (κ3) is 4.95. The lowest BCUT2D eigenvalue weighted by molar-refractivity contribution is -0.132. The molecule has 2 amide bonds. The topological polar surface area (TPSA) is 116 Å². The maximum absolute atomic E-state index is 13.2. The second-order valence-electron chi connectivity index (χ2n) is 8.64. The van der Waals surface area contributed by atoms with Gasteiger partial charge in [-0.1, -0.05) is 35.9 Å². The molecule has 9 heteroatoms. The minimum atomic E-state index is -3.93. The molecule has 2 aromatic rings. The van der Waals surface area contributed by atoms with E-state index in [0.717, 1.165) is 45.8 Å². The van der Waals surface area contributed by atoms with E-state index in [4.69, 9.17) is 0 Å². The number of carbonyl (C=O) groups excluding carboxylic acids is 2. The van der Waals surface area contributed by atoms with Crippen molar-refractivity contribution in [2.24, 2.45) is 0 Å². The van der Waals surface area contributed by atoms with Crippen molar-refractivity contribution in [3.05, 3.63) is 64.7 Å². The van der Waals surface area contributed by atoms with E-state index in [0.29, 0.717) is 0 Å². The number of hydrogen-bond donors (Lipinski definition) is 3. The summed E-state index contributed by atoms with van der Waals surface area (Å²) in [5.41, 5.74) is 3.86. The molecule has 3 N–H and O–H groups in total. The van der Waals surface area contributed by atoms with Gasteiger partial charge in [0.2, 0.25) is 21.8 Å². The number of fused-ring (bicyclic) bond motifs is 1. The van der Waals surface area contributed by atoms with Gasteiger partial charge in [-0.05, 0) is 55.0 Å². The average Bonchev–Trinajstić information content (AvgIpc) is 2.80. The lowest BCUT2D eigenvalue weighted by atomic mass is 9.86. The van der Waals surface area contributed by atoms with E-state index in [1.54, 1.807) is 12.1 Å². The van der Waals surface area contributed by atoms with Crippen molar-refractivity contribution >= 4 is 21.8 Å². The summed E-state index contributed by atoms with van der Waals surface area (Å²) in [6.07, 6.45) is 2.28. The summed E-state index contributed by atoms with van der Waals surface area (Å²) in [5.74, 6) is -0.839. The van der Waals surface area contributed by atoms with Crippen LogP contribution in [0.1, 0.15) is 47.6 Å². The maximum Gasteiger partial charge on any atom is 0.243 e. The molecule has 2 atom stereocenters. The van der Waals surface area contributed by atoms with Gasteiger partial charge in [-0.2, -0.15) is 4.31 Å². The largest absolute Gasteiger partial charge is 0.392 e. The molecule has 0 spiro atoms. The van der Waals surface area contributed by atoms with Gasteiger partial charge in [-0.3, -0.25) is 9.59 Å². The summed E-state index contributed by atoms with van der Waals surface area (Å²) in [6.45, 7) is 2.14. The fraction of sp³-hybridized carbons (Fsp3) is 0.417. The molecule has 0 aromatic heterocycles. The van der Waals surface area contributed by atoms with Gasteiger partial charge in [-0.15, -0.1) is 0 Å². The van der Waals surface area contributed by atoms with E-state index in [-0.39, 0.29) is 43.0 Å². The van der Waals surface area contributed by atoms with Crippen molar-refractivity contribution < 1.29 is 23.1 Å². The molecule has 1 unspecified atom stereocenters. The van der Waals surface area contributed by atoms with E-state index in [2.05, 4.69) is 10.6 Å². The number of nitrogens with zero attached hydrogens (tertiary/aromatic N) is 1. The highest BCUT2D eigenvalue weighted by Gasteiger charge is 2.40. The Morgan fingerprint density at radius 3 is 2.70 bits per heavy atom. The van der Waals surface area contributed by atoms with E-state index in [1.807, 2.05) is 25.1 Å². The minimum Gasteiger partial charge on any atom is -0.392 e. The second-order valence-corrected chi connectivity index (χ2v) is 10.5. The molecule has 1 fully saturated rings. The first-order valence-corrected chi connectivity index (χ1v) is 12.6. The SMILES string of the molecule is Cc1ccc(S(=O)(=O)N2CCNC(=O)C2CC(=O)N[C@@H]2CCCc3cc(CO)ccc32)cc1. The first-order chi connectivity index (χ1) is 15.8. The molecule has 4 rings (SSSR count). The van der Waals surface area contributed by atoms with Gasteiger partial charge in [0.25, 0.3) is 0 Å². The summed E-state index contributed by atoms with van der Waals surface area (Å²) in [4.78, 5) is 25.7. The Labute approximate surface area is 194 Å². The monoisotopic (exact) mass is 471 g/mol. The predicted molar refractivity (Wildman–Crippen MR) is 123 cm³/mol. The molecular formula is C24H29N3O5S. The number of piperazine rings is 1. The van der Waals surface area contributed by atoms with Crippen molar-refractivity contribution in [2.75, 3.05) is 13.1 Å². The van der Waals surface area contributed by atoms with Crippen LogP contribution in [0.4, 0.5) is 0 Å². The van der Waals surface area contributed by atoms with Crippen molar-refractivity contribution in [2.45, 2.75) is 56.2 Å². The molecule has 0 radical (unpaired) electrons. The normalized spacial score (nSPS) is 21.2. The Kier molecular flexibility index (Phi) is 6.83. The molecule has 1 heterocycles. The van der Waals surface area contributed by atoms with Gasteiger partial charge in [-0.25, -0.2) is 8.42 Å². The maximum atomic E-state index is 13.2. The molecule has 1 saturated heterocycles. The number of aliphatic hydroxyl groups excluding tert-OH is 1. The summed E-state index contributed by atoms with van der Waals surface area (Å²) < 4.78 is 27.6. The van der Waals surface area contributed by atoms with Crippen LogP contribution in [0.3, 0.4) is 0 Å². The van der Waals surface area contributed by atoms with Gasteiger partial charge in [0, 0.05) is 13.1 Å². The van der Waals surface area contributed by atoms with Gasteiger partial charge < -0.3 is 15.7 Å². The highest BCUT2D eigenvalue weighted by Crippen LogP contribution is 2.31. The first-order valence-electron chi connectivity index (χ1n) is 11.2. The van der Waals surface area contributed by atoms with Crippen molar-refractivity contribution in [3.63, 3.8) is 0 Å². The Bertz CT molecular complexity index is 1150. The summed E-state index contributed by atoms with van der Waals surface area (Å²) in [7, 11) is -3.93. The van der Waals surface area contributed by atoms with E-state index < -0.39 is 22.0 Å². The standard InChI is InChI=1S/C24H29N3O5S/c1-16-5-8-19(9-6-16)33(31,32)27-12-11-25-24(30)22(27)14-23(29)26-21-4-2-3-18-13-17(15-28)7-10-20(18)21/h5-10,13,21-22,28H,2-4,11-12,14-15H2,1H3,(H,25,30)(H,26,29)/t21-,22?/m1/s1. The molecular weight excluding hydrogens is 442 g/mol. The molecule has 0 bridgehead atoms. The third-order valence-electron chi connectivity index (χ3n) is 6.33. The summed E-state index contributed by atoms with van der Waals surface area (Å²) in [6, 6.07) is 10.9. The number of aryl methyl sites for hydroxylation is 2. The number of nitrogens with one attached hydrogen (secondary N) is 2. The van der Waals surface area contributed by atoms with Crippen LogP contribution >= 0.6 is 0 Å². The van der Waals surface area contributed by atoms with Gasteiger partial charge >= 0.3 is 0 Å². The van der Waals surface area contributed by atoms with Crippen LogP contribution < -0.4 is 10.6 Å². The molecule has 2 aliphatic rings. The zero-order chi connectivity index (χ0) is 23.6. The fourth-order valence-corrected chi connectivity index (χ4v) is 6.15. The minimum absolute atomic E-state index is 0.0353. The van der Waals surface area contributed by atoms with E-state index in [9.17, 15) is 23.1 Å². The number of sulfonamides is 1. The van der Waals surface area contributed by atoms with Gasteiger partial charge in [0.1, 0.15) is 6.04 Å². The number of benzene rings is 2. The third-order valence-corrected chi connectivity index (χ3v) is 8.25. The van der Waals surface area contributed by atoms with Crippen LogP contribution in [0, 0.1) is 6.92 Å². The van der Waals surface area contributed by atoms with Crippen LogP contribution in [0.25, 0.3) is 0 Å². The van der Waals surface area contributed by atoms with Crippen molar-refractivity contribution in [3.8, 4) is 0 Å². The molecule has 8 nitrogen and oxygen atoms in total. The van der Waals surface area contributed by atoms with Crippen molar-refractivity contribution in [1.82, 2.24) is 14.9 Å². The predicted octanol–water partition coefficient (Wildman–Crippen LogP) is 1.56. The zero-order valence-corrected chi connectivity index (χ0v) is 19.4. The van der Waals surface area contributed by atoms with Crippen LogP contribution in [0.5, 0.6) is 0 Å². The van der Waals surface area contributed by atoms with Crippen LogP contribution in [-0.2, 0) is 32.6 Å². The van der Waals surface area contributed by atoms with Crippen LogP contribution in [-0.4, -0.2) is 48.8 Å². The lowest BCUT2D eigenvalue weighted by Crippen LogP contribution is -2.58. The second kappa shape index (κ2) is 9.62. The van der Waals surface area contributed by atoms with Crippen molar-refractivity contribution in [1.29, 1.82) is 0 Å². The van der Waals surface area contributed by atoms with Crippen LogP contribution in [0.2, 0.25) is 0 Å². The molecule has 33 heavy (non-hydrogen) atoms. The quantitative estimate of drug-likeness (QED) is 0.591. The Morgan fingerprint density at radius 2 is 1.97 bits per heavy atom. The Morgan fingerprint density at radius 1 is 1.21 bits per heavy atom.